The highest BCUT2D eigenvalue weighted by Crippen LogP contribution is 2.26. The number of fused-ring (bicyclic) bond motifs is 1. The summed E-state index contributed by atoms with van der Waals surface area (Å²) < 4.78 is 19.9. The molecule has 0 atom stereocenters. The minimum Gasteiger partial charge on any atom is -0.442 e. The van der Waals surface area contributed by atoms with Gasteiger partial charge in [0, 0.05) is 6.07 Å². The van der Waals surface area contributed by atoms with Gasteiger partial charge in [0.1, 0.15) is 5.60 Å². The summed E-state index contributed by atoms with van der Waals surface area (Å²) in [5, 5.41) is 14.3. The maximum atomic E-state index is 13.9. The molecule has 0 bridgehead atoms. The number of halogens is 1. The fraction of sp³-hybridized carbons (Fsp3) is 0.333. The van der Waals surface area contributed by atoms with Crippen LogP contribution in [0.3, 0.4) is 0 Å². The average Bonchev–Trinajstić information content (AvgIpc) is 2.71. The van der Waals surface area contributed by atoms with Crippen molar-refractivity contribution in [2.45, 2.75) is 26.4 Å². The molecule has 0 amide bonds. The second-order valence-electron chi connectivity index (χ2n) is 5.13. The number of hydrogen-bond acceptors (Lipinski definition) is 5. The first kappa shape index (κ1) is 13.9. The largest absolute Gasteiger partial charge is 0.442 e. The van der Waals surface area contributed by atoms with Gasteiger partial charge in [-0.05, 0) is 26.8 Å². The zero-order valence-electron chi connectivity index (χ0n) is 11.1. The molecule has 0 N–H and O–H groups in total. The van der Waals surface area contributed by atoms with Gasteiger partial charge in [0.2, 0.25) is 5.82 Å². The highest BCUT2D eigenvalue weighted by atomic mass is 19.1. The van der Waals surface area contributed by atoms with Crippen molar-refractivity contribution in [1.29, 1.82) is 0 Å². The van der Waals surface area contributed by atoms with E-state index >= 15 is 0 Å². The molecule has 1 aromatic carbocycles. The Labute approximate surface area is 113 Å². The lowest BCUT2D eigenvalue weighted by Gasteiger charge is -2.19. The lowest BCUT2D eigenvalue weighted by atomic mass is 10.2. The molecule has 7 nitrogen and oxygen atoms in total. The van der Waals surface area contributed by atoms with Crippen molar-refractivity contribution < 1.29 is 18.8 Å². The SMILES string of the molecule is CC(C)(C)OC(=O)n1ncc2c(F)c([N+](=O)[O-])ccc21. The molecule has 0 spiro atoms. The Morgan fingerprint density at radius 2 is 2.10 bits per heavy atom. The van der Waals surface area contributed by atoms with Crippen LogP contribution >= 0.6 is 0 Å². The van der Waals surface area contributed by atoms with Crippen LogP contribution in [0.15, 0.2) is 18.3 Å². The molecule has 0 aliphatic heterocycles. The zero-order valence-corrected chi connectivity index (χ0v) is 11.1. The first-order chi connectivity index (χ1) is 9.20. The topological polar surface area (TPSA) is 87.3 Å². The van der Waals surface area contributed by atoms with Gasteiger partial charge >= 0.3 is 11.8 Å². The van der Waals surface area contributed by atoms with Crippen LogP contribution < -0.4 is 0 Å². The van der Waals surface area contributed by atoms with Crippen molar-refractivity contribution in [3.05, 3.63) is 34.3 Å². The lowest BCUT2D eigenvalue weighted by Crippen LogP contribution is -2.27. The quantitative estimate of drug-likeness (QED) is 0.592. The minimum absolute atomic E-state index is 0.106. The van der Waals surface area contributed by atoms with Gasteiger partial charge in [-0.25, -0.2) is 4.79 Å². The monoisotopic (exact) mass is 281 g/mol. The van der Waals surface area contributed by atoms with E-state index in [4.69, 9.17) is 4.74 Å². The second-order valence-corrected chi connectivity index (χ2v) is 5.13. The van der Waals surface area contributed by atoms with E-state index in [0.29, 0.717) is 0 Å². The van der Waals surface area contributed by atoms with Crippen molar-refractivity contribution in [2.24, 2.45) is 0 Å². The molecule has 0 unspecified atom stereocenters. The van der Waals surface area contributed by atoms with Crippen LogP contribution in [0.25, 0.3) is 10.9 Å². The van der Waals surface area contributed by atoms with Gasteiger partial charge in [-0.3, -0.25) is 10.1 Å². The summed E-state index contributed by atoms with van der Waals surface area (Å²) in [5.74, 6) is -1.03. The van der Waals surface area contributed by atoms with E-state index in [2.05, 4.69) is 5.10 Å². The first-order valence-corrected chi connectivity index (χ1v) is 5.74. The predicted molar refractivity (Wildman–Crippen MR) is 68.0 cm³/mol. The Balaban J connectivity index is 2.51. The molecule has 106 valence electrons. The highest BCUT2D eigenvalue weighted by Gasteiger charge is 2.24. The van der Waals surface area contributed by atoms with Gasteiger partial charge in [-0.2, -0.15) is 14.2 Å². The van der Waals surface area contributed by atoms with E-state index in [1.165, 1.54) is 6.07 Å². The summed E-state index contributed by atoms with van der Waals surface area (Å²) in [6.07, 6.45) is 0.280. The minimum atomic E-state index is -1.03. The molecule has 0 saturated heterocycles. The number of nitro benzene ring substituents is 1. The van der Waals surface area contributed by atoms with Gasteiger partial charge in [-0.1, -0.05) is 0 Å². The maximum absolute atomic E-state index is 13.9. The Bertz CT molecular complexity index is 703. The Morgan fingerprint density at radius 1 is 1.45 bits per heavy atom. The van der Waals surface area contributed by atoms with Crippen molar-refractivity contribution in [1.82, 2.24) is 9.78 Å². The molecule has 0 aliphatic rings. The number of benzene rings is 1. The third kappa shape index (κ3) is 2.44. The Hall–Kier alpha value is -2.51. The maximum Gasteiger partial charge on any atom is 0.435 e. The number of aromatic nitrogens is 2. The number of carbonyl (C=O) groups is 1. The highest BCUT2D eigenvalue weighted by molar-refractivity contribution is 5.89. The molecule has 2 aromatic rings. The molecule has 8 heteroatoms. The fourth-order valence-electron chi connectivity index (χ4n) is 1.65. The van der Waals surface area contributed by atoms with Crippen molar-refractivity contribution >= 4 is 22.7 Å². The molecular formula is C12H12FN3O4. The summed E-state index contributed by atoms with van der Waals surface area (Å²) >= 11 is 0. The molecule has 20 heavy (non-hydrogen) atoms. The molecule has 1 heterocycles. The van der Waals surface area contributed by atoms with Crippen LogP contribution in [0.5, 0.6) is 0 Å². The standard InChI is InChI=1S/C12H12FN3O4/c1-12(2,3)20-11(17)15-8-4-5-9(16(18)19)10(13)7(8)6-14-15/h4-6H,1-3H3. The summed E-state index contributed by atoms with van der Waals surface area (Å²) in [4.78, 5) is 21.7. The van der Waals surface area contributed by atoms with E-state index in [1.54, 1.807) is 20.8 Å². The van der Waals surface area contributed by atoms with Crippen LogP contribution in [0, 0.1) is 15.9 Å². The van der Waals surface area contributed by atoms with Crippen LogP contribution in [0.4, 0.5) is 14.9 Å². The van der Waals surface area contributed by atoms with Crippen LogP contribution in [-0.4, -0.2) is 26.4 Å². The van der Waals surface area contributed by atoms with Crippen molar-refractivity contribution in [2.75, 3.05) is 0 Å². The third-order valence-electron chi connectivity index (χ3n) is 2.43. The lowest BCUT2D eigenvalue weighted by molar-refractivity contribution is -0.387. The third-order valence-corrected chi connectivity index (χ3v) is 2.43. The molecule has 0 fully saturated rings. The Morgan fingerprint density at radius 3 is 2.65 bits per heavy atom. The van der Waals surface area contributed by atoms with E-state index < -0.39 is 28.1 Å². The molecule has 0 saturated carbocycles. The van der Waals surface area contributed by atoms with Gasteiger partial charge in [0.25, 0.3) is 0 Å². The number of nitro groups is 1. The smallest absolute Gasteiger partial charge is 0.435 e. The Kier molecular flexibility index (Phi) is 3.16. The molecule has 2 rings (SSSR count). The summed E-state index contributed by atoms with van der Waals surface area (Å²) in [7, 11) is 0. The van der Waals surface area contributed by atoms with Crippen molar-refractivity contribution in [3.63, 3.8) is 0 Å². The summed E-state index contributed by atoms with van der Waals surface area (Å²) in [6.45, 7) is 5.05. The normalized spacial score (nSPS) is 11.6. The van der Waals surface area contributed by atoms with Gasteiger partial charge in [0.15, 0.2) is 0 Å². The van der Waals surface area contributed by atoms with E-state index in [-0.39, 0.29) is 10.9 Å². The predicted octanol–water partition coefficient (Wildman–Crippen LogP) is 2.87. The van der Waals surface area contributed by atoms with Gasteiger partial charge in [-0.15, -0.1) is 0 Å². The second kappa shape index (κ2) is 4.55. The van der Waals surface area contributed by atoms with E-state index in [1.807, 2.05) is 0 Å². The fourth-order valence-corrected chi connectivity index (χ4v) is 1.65. The first-order valence-electron chi connectivity index (χ1n) is 5.74. The van der Waals surface area contributed by atoms with Crippen LogP contribution in [0.1, 0.15) is 20.8 Å². The van der Waals surface area contributed by atoms with Crippen LogP contribution in [-0.2, 0) is 4.74 Å². The summed E-state index contributed by atoms with van der Waals surface area (Å²) in [6, 6.07) is 2.24. The van der Waals surface area contributed by atoms with E-state index in [0.717, 1.165) is 16.9 Å². The molecule has 0 radical (unpaired) electrons. The summed E-state index contributed by atoms with van der Waals surface area (Å²) in [5.41, 5.74) is -1.28. The van der Waals surface area contributed by atoms with Gasteiger partial charge < -0.3 is 4.74 Å². The van der Waals surface area contributed by atoms with E-state index in [9.17, 15) is 19.3 Å². The molecule has 1 aromatic heterocycles. The zero-order chi connectivity index (χ0) is 15.1. The van der Waals surface area contributed by atoms with Crippen LogP contribution in [0.2, 0.25) is 0 Å². The number of hydrogen-bond donors (Lipinski definition) is 0. The number of ether oxygens (including phenoxy) is 1. The van der Waals surface area contributed by atoms with Crippen molar-refractivity contribution in [3.8, 4) is 0 Å². The average molecular weight is 281 g/mol. The van der Waals surface area contributed by atoms with Gasteiger partial charge in [0.05, 0.1) is 22.0 Å². The number of rotatable bonds is 1. The number of carbonyl (C=O) groups excluding carboxylic acids is 1. The number of nitrogens with zero attached hydrogens (tertiary/aromatic N) is 3. The molecular weight excluding hydrogens is 269 g/mol. The molecule has 0 aliphatic carbocycles.